The Bertz CT molecular complexity index is 547. The number of hydrogen-bond acceptors (Lipinski definition) is 4. The first-order chi connectivity index (χ1) is 8.83. The molecular weight excluding hydrogens is 282 g/mol. The van der Waals surface area contributed by atoms with Crippen molar-refractivity contribution in [2.75, 3.05) is 5.32 Å². The van der Waals surface area contributed by atoms with E-state index in [-0.39, 0.29) is 18.3 Å². The molecule has 0 saturated carbocycles. The van der Waals surface area contributed by atoms with Gasteiger partial charge in [0, 0.05) is 22.8 Å². The third-order valence-corrected chi connectivity index (χ3v) is 4.08. The van der Waals surface area contributed by atoms with E-state index in [1.807, 2.05) is 0 Å². The number of carbonyl (C=O) groups is 1. The number of pyridine rings is 1. The van der Waals surface area contributed by atoms with E-state index in [2.05, 4.69) is 15.3 Å². The zero-order chi connectivity index (χ0) is 12.4. The van der Waals surface area contributed by atoms with Crippen LogP contribution in [0.5, 0.6) is 0 Å². The number of halogens is 1. The molecule has 0 aliphatic heterocycles. The average Bonchev–Trinajstić information content (AvgIpc) is 2.82. The largest absolute Gasteiger partial charge is 0.298 e. The van der Waals surface area contributed by atoms with Crippen LogP contribution in [0.15, 0.2) is 24.5 Å². The minimum Gasteiger partial charge on any atom is -0.298 e. The van der Waals surface area contributed by atoms with E-state index < -0.39 is 0 Å². The van der Waals surface area contributed by atoms with Crippen LogP contribution in [0.1, 0.15) is 33.8 Å². The number of anilines is 1. The van der Waals surface area contributed by atoms with Gasteiger partial charge in [-0.1, -0.05) is 0 Å². The maximum atomic E-state index is 12.0. The van der Waals surface area contributed by atoms with Crippen molar-refractivity contribution < 1.29 is 4.79 Å². The Labute approximate surface area is 121 Å². The second-order valence-electron chi connectivity index (χ2n) is 4.29. The predicted molar refractivity (Wildman–Crippen MR) is 78.2 cm³/mol. The molecule has 2 aromatic heterocycles. The Balaban J connectivity index is 0.00000133. The van der Waals surface area contributed by atoms with E-state index in [1.165, 1.54) is 17.7 Å². The number of rotatable bonds is 2. The van der Waals surface area contributed by atoms with Crippen LogP contribution in [0.4, 0.5) is 5.13 Å². The van der Waals surface area contributed by atoms with Gasteiger partial charge in [0.15, 0.2) is 5.13 Å². The lowest BCUT2D eigenvalue weighted by atomic mass is 10.0. The quantitative estimate of drug-likeness (QED) is 0.926. The summed E-state index contributed by atoms with van der Waals surface area (Å²) in [5.41, 5.74) is 1.77. The van der Waals surface area contributed by atoms with Crippen molar-refractivity contribution >= 4 is 34.8 Å². The highest BCUT2D eigenvalue weighted by atomic mass is 35.5. The van der Waals surface area contributed by atoms with Crippen LogP contribution in [0.2, 0.25) is 0 Å². The molecule has 3 rings (SSSR count). The van der Waals surface area contributed by atoms with Crippen molar-refractivity contribution in [2.24, 2.45) is 0 Å². The summed E-state index contributed by atoms with van der Waals surface area (Å²) in [6.07, 6.45) is 7.79. The Hall–Kier alpha value is -1.46. The number of aryl methyl sites for hydroxylation is 2. The third kappa shape index (κ3) is 3.11. The SMILES string of the molecule is Cl.O=C(Nc1nc2c(s1)CCCC2)c1ccncc1. The average molecular weight is 296 g/mol. The van der Waals surface area contributed by atoms with Crippen LogP contribution in [0, 0.1) is 0 Å². The third-order valence-electron chi connectivity index (χ3n) is 3.01. The fourth-order valence-electron chi connectivity index (χ4n) is 2.08. The topological polar surface area (TPSA) is 54.9 Å². The molecule has 0 bridgehead atoms. The first-order valence-electron chi connectivity index (χ1n) is 6.03. The van der Waals surface area contributed by atoms with E-state index in [0.717, 1.165) is 18.5 Å². The fraction of sp³-hybridized carbons (Fsp3) is 0.308. The van der Waals surface area contributed by atoms with Crippen molar-refractivity contribution in [3.05, 3.63) is 40.7 Å². The van der Waals surface area contributed by atoms with Crippen LogP contribution in [-0.2, 0) is 12.8 Å². The van der Waals surface area contributed by atoms with Gasteiger partial charge >= 0.3 is 0 Å². The zero-order valence-electron chi connectivity index (χ0n) is 10.3. The standard InChI is InChI=1S/C13H13N3OS.ClH/c17-12(9-5-7-14-8-6-9)16-13-15-10-3-1-2-4-11(10)18-13;/h5-8H,1-4H2,(H,15,16,17);1H. The number of nitrogens with zero attached hydrogens (tertiary/aromatic N) is 2. The summed E-state index contributed by atoms with van der Waals surface area (Å²) in [7, 11) is 0. The van der Waals surface area contributed by atoms with Gasteiger partial charge in [-0.25, -0.2) is 4.98 Å². The summed E-state index contributed by atoms with van der Waals surface area (Å²) in [6, 6.07) is 3.39. The van der Waals surface area contributed by atoms with E-state index in [0.29, 0.717) is 10.7 Å². The second-order valence-corrected chi connectivity index (χ2v) is 5.37. The van der Waals surface area contributed by atoms with Gasteiger partial charge in [0.2, 0.25) is 0 Å². The maximum Gasteiger partial charge on any atom is 0.257 e. The first-order valence-corrected chi connectivity index (χ1v) is 6.84. The highest BCUT2D eigenvalue weighted by Crippen LogP contribution is 2.29. The second kappa shape index (κ2) is 6.12. The fourth-order valence-corrected chi connectivity index (χ4v) is 3.12. The molecule has 100 valence electrons. The van der Waals surface area contributed by atoms with Crippen LogP contribution >= 0.6 is 23.7 Å². The van der Waals surface area contributed by atoms with Crippen LogP contribution in [0.3, 0.4) is 0 Å². The lowest BCUT2D eigenvalue weighted by Gasteiger charge is -2.06. The molecule has 1 aliphatic carbocycles. The number of aromatic nitrogens is 2. The van der Waals surface area contributed by atoms with Gasteiger partial charge in [-0.05, 0) is 37.8 Å². The summed E-state index contributed by atoms with van der Waals surface area (Å²) in [5, 5.41) is 3.57. The molecule has 0 saturated heterocycles. The van der Waals surface area contributed by atoms with E-state index in [9.17, 15) is 4.79 Å². The summed E-state index contributed by atoms with van der Waals surface area (Å²) in [4.78, 5) is 21.7. The molecule has 0 atom stereocenters. The van der Waals surface area contributed by atoms with E-state index in [4.69, 9.17) is 0 Å². The summed E-state index contributed by atoms with van der Waals surface area (Å²) in [6.45, 7) is 0. The van der Waals surface area contributed by atoms with Gasteiger partial charge in [-0.2, -0.15) is 0 Å². The summed E-state index contributed by atoms with van der Waals surface area (Å²) < 4.78 is 0. The van der Waals surface area contributed by atoms with E-state index in [1.54, 1.807) is 35.9 Å². The normalized spacial score (nSPS) is 13.3. The molecule has 0 aromatic carbocycles. The van der Waals surface area contributed by atoms with Gasteiger partial charge in [0.05, 0.1) is 5.69 Å². The van der Waals surface area contributed by atoms with Crippen LogP contribution in [0.25, 0.3) is 0 Å². The van der Waals surface area contributed by atoms with Crippen LogP contribution in [-0.4, -0.2) is 15.9 Å². The van der Waals surface area contributed by atoms with Gasteiger partial charge in [-0.15, -0.1) is 23.7 Å². The Kier molecular flexibility index (Phi) is 4.50. The molecule has 6 heteroatoms. The molecule has 2 aromatic rings. The smallest absolute Gasteiger partial charge is 0.257 e. The molecule has 19 heavy (non-hydrogen) atoms. The van der Waals surface area contributed by atoms with Crippen molar-refractivity contribution in [1.29, 1.82) is 0 Å². The highest BCUT2D eigenvalue weighted by Gasteiger charge is 2.16. The molecule has 0 radical (unpaired) electrons. The number of hydrogen-bond donors (Lipinski definition) is 1. The van der Waals surface area contributed by atoms with Gasteiger partial charge in [-0.3, -0.25) is 15.1 Å². The number of carbonyl (C=O) groups excluding carboxylic acids is 1. The summed E-state index contributed by atoms with van der Waals surface area (Å²) >= 11 is 1.60. The van der Waals surface area contributed by atoms with Crippen molar-refractivity contribution in [1.82, 2.24) is 9.97 Å². The molecule has 4 nitrogen and oxygen atoms in total. The number of fused-ring (bicyclic) bond motifs is 1. The molecule has 0 fully saturated rings. The zero-order valence-corrected chi connectivity index (χ0v) is 11.9. The molecule has 0 unspecified atom stereocenters. The lowest BCUT2D eigenvalue weighted by molar-refractivity contribution is 0.102. The summed E-state index contributed by atoms with van der Waals surface area (Å²) in [5.74, 6) is -0.122. The Morgan fingerprint density at radius 3 is 2.68 bits per heavy atom. The number of nitrogens with one attached hydrogen (secondary N) is 1. The molecule has 2 heterocycles. The maximum absolute atomic E-state index is 12.0. The van der Waals surface area contributed by atoms with Gasteiger partial charge < -0.3 is 0 Å². The highest BCUT2D eigenvalue weighted by molar-refractivity contribution is 7.15. The molecule has 1 aliphatic rings. The van der Waals surface area contributed by atoms with Gasteiger partial charge in [0.25, 0.3) is 5.91 Å². The lowest BCUT2D eigenvalue weighted by Crippen LogP contribution is -2.11. The molecular formula is C13H14ClN3OS. The monoisotopic (exact) mass is 295 g/mol. The molecule has 1 N–H and O–H groups in total. The van der Waals surface area contributed by atoms with E-state index >= 15 is 0 Å². The van der Waals surface area contributed by atoms with Crippen molar-refractivity contribution in [2.45, 2.75) is 25.7 Å². The van der Waals surface area contributed by atoms with Crippen LogP contribution < -0.4 is 5.32 Å². The number of amides is 1. The van der Waals surface area contributed by atoms with Crippen molar-refractivity contribution in [3.63, 3.8) is 0 Å². The van der Waals surface area contributed by atoms with Gasteiger partial charge in [0.1, 0.15) is 0 Å². The van der Waals surface area contributed by atoms with Crippen molar-refractivity contribution in [3.8, 4) is 0 Å². The first kappa shape index (κ1) is 14.0. The number of thiazole rings is 1. The molecule has 0 spiro atoms. The minimum atomic E-state index is -0.122. The predicted octanol–water partition coefficient (Wildman–Crippen LogP) is 3.09. The Morgan fingerprint density at radius 2 is 1.95 bits per heavy atom. The molecule has 1 amide bonds. The Morgan fingerprint density at radius 1 is 1.21 bits per heavy atom. The minimum absolute atomic E-state index is 0.